The van der Waals surface area contributed by atoms with Crippen LogP contribution in [0.2, 0.25) is 0 Å². The minimum atomic E-state index is 0.392. The number of hydrogen-bond acceptors (Lipinski definition) is 4. The minimum absolute atomic E-state index is 0.392. The third-order valence-corrected chi connectivity index (χ3v) is 2.38. The van der Waals surface area contributed by atoms with E-state index in [1.165, 1.54) is 6.33 Å². The molecule has 84 valence electrons. The van der Waals surface area contributed by atoms with E-state index < -0.39 is 0 Å². The second kappa shape index (κ2) is 5.08. The van der Waals surface area contributed by atoms with Crippen LogP contribution in [0.5, 0.6) is 5.75 Å². The van der Waals surface area contributed by atoms with Crippen LogP contribution in [0.1, 0.15) is 17.0 Å². The molecule has 0 atom stereocenters. The molecule has 4 heteroatoms. The minimum Gasteiger partial charge on any atom is -0.497 e. The molecule has 0 bridgehead atoms. The second-order valence-electron chi connectivity index (χ2n) is 3.53. The van der Waals surface area contributed by atoms with Gasteiger partial charge in [-0.25, -0.2) is 9.97 Å². The van der Waals surface area contributed by atoms with Crippen molar-refractivity contribution in [2.24, 2.45) is 0 Å². The average molecular weight is 225 g/mol. The molecule has 0 saturated carbocycles. The Balaban J connectivity index is 2.16. The highest BCUT2D eigenvalue weighted by Crippen LogP contribution is 2.13. The van der Waals surface area contributed by atoms with Crippen molar-refractivity contribution >= 4 is 0 Å². The molecular weight excluding hydrogens is 214 g/mol. The third-order valence-electron chi connectivity index (χ3n) is 2.38. The molecule has 0 aliphatic carbocycles. The zero-order valence-corrected chi connectivity index (χ0v) is 9.42. The summed E-state index contributed by atoms with van der Waals surface area (Å²) in [5.74, 6) is 0.828. The van der Waals surface area contributed by atoms with E-state index >= 15 is 0 Å². The van der Waals surface area contributed by atoms with Crippen LogP contribution in [0.4, 0.5) is 0 Å². The van der Waals surface area contributed by atoms with Crippen molar-refractivity contribution in [2.75, 3.05) is 7.11 Å². The molecule has 0 aliphatic rings. The maximum absolute atomic E-state index is 8.74. The number of hydrogen-bond donors (Lipinski definition) is 0. The molecule has 17 heavy (non-hydrogen) atoms. The average Bonchev–Trinajstić information content (AvgIpc) is 2.40. The van der Waals surface area contributed by atoms with E-state index in [9.17, 15) is 0 Å². The zero-order chi connectivity index (χ0) is 12.1. The molecule has 0 N–H and O–H groups in total. The number of nitriles is 1. The van der Waals surface area contributed by atoms with E-state index in [4.69, 9.17) is 10.00 Å². The van der Waals surface area contributed by atoms with Crippen LogP contribution >= 0.6 is 0 Å². The fourth-order valence-corrected chi connectivity index (χ4v) is 1.51. The predicted octanol–water partition coefficient (Wildman–Crippen LogP) is 1.95. The van der Waals surface area contributed by atoms with Gasteiger partial charge in [-0.1, -0.05) is 12.1 Å². The van der Waals surface area contributed by atoms with E-state index in [-0.39, 0.29) is 0 Å². The molecule has 0 amide bonds. The first-order valence-corrected chi connectivity index (χ1v) is 5.16. The topological polar surface area (TPSA) is 58.8 Å². The molecular formula is C13H11N3O. The Morgan fingerprint density at radius 1 is 1.24 bits per heavy atom. The molecule has 0 fully saturated rings. The Bertz CT molecular complexity index is 543. The van der Waals surface area contributed by atoms with Crippen LogP contribution in [0.15, 0.2) is 36.7 Å². The summed E-state index contributed by atoms with van der Waals surface area (Å²) in [6.07, 6.45) is 2.10. The number of ether oxygens (including phenoxy) is 1. The lowest BCUT2D eigenvalue weighted by atomic mass is 10.1. The van der Waals surface area contributed by atoms with Crippen molar-refractivity contribution in [1.29, 1.82) is 5.26 Å². The summed E-state index contributed by atoms with van der Waals surface area (Å²) in [5, 5.41) is 8.74. The van der Waals surface area contributed by atoms with Crippen LogP contribution in [-0.4, -0.2) is 17.1 Å². The van der Waals surface area contributed by atoms with Crippen molar-refractivity contribution in [1.82, 2.24) is 9.97 Å². The van der Waals surface area contributed by atoms with Gasteiger partial charge in [-0.2, -0.15) is 5.26 Å². The number of rotatable bonds is 3. The Labute approximate surface area is 99.5 Å². The van der Waals surface area contributed by atoms with E-state index in [2.05, 4.69) is 9.97 Å². The predicted molar refractivity (Wildman–Crippen MR) is 62.5 cm³/mol. The molecule has 0 aliphatic heterocycles. The van der Waals surface area contributed by atoms with E-state index in [0.29, 0.717) is 12.1 Å². The highest BCUT2D eigenvalue weighted by molar-refractivity contribution is 5.31. The van der Waals surface area contributed by atoms with Crippen LogP contribution in [-0.2, 0) is 6.42 Å². The largest absolute Gasteiger partial charge is 0.497 e. The Kier molecular flexibility index (Phi) is 3.31. The third kappa shape index (κ3) is 2.79. The fourth-order valence-electron chi connectivity index (χ4n) is 1.51. The Hall–Kier alpha value is -2.41. The number of aromatic nitrogens is 2. The quantitative estimate of drug-likeness (QED) is 0.801. The van der Waals surface area contributed by atoms with E-state index in [1.807, 2.05) is 30.3 Å². The molecule has 0 saturated heterocycles. The molecule has 0 radical (unpaired) electrons. The summed E-state index contributed by atoms with van der Waals surface area (Å²) in [4.78, 5) is 7.97. The van der Waals surface area contributed by atoms with Crippen molar-refractivity contribution in [3.05, 3.63) is 53.6 Å². The van der Waals surface area contributed by atoms with Gasteiger partial charge < -0.3 is 4.74 Å². The lowest BCUT2D eigenvalue weighted by molar-refractivity contribution is 0.414. The molecule has 2 aromatic rings. The first-order valence-electron chi connectivity index (χ1n) is 5.16. The molecule has 0 spiro atoms. The Morgan fingerprint density at radius 3 is 2.65 bits per heavy atom. The van der Waals surface area contributed by atoms with Crippen LogP contribution < -0.4 is 4.74 Å². The molecule has 1 aromatic carbocycles. The summed E-state index contributed by atoms with van der Waals surface area (Å²) >= 11 is 0. The van der Waals surface area contributed by atoms with Gasteiger partial charge in [0.25, 0.3) is 0 Å². The van der Waals surface area contributed by atoms with Crippen molar-refractivity contribution in [3.63, 3.8) is 0 Å². The molecule has 4 nitrogen and oxygen atoms in total. The van der Waals surface area contributed by atoms with Crippen molar-refractivity contribution in [2.45, 2.75) is 6.42 Å². The number of benzene rings is 1. The summed E-state index contributed by atoms with van der Waals surface area (Å²) < 4.78 is 5.09. The van der Waals surface area contributed by atoms with Gasteiger partial charge in [-0.05, 0) is 23.8 Å². The summed E-state index contributed by atoms with van der Waals surface area (Å²) in [5.41, 5.74) is 2.35. The fraction of sp³-hybridized carbons (Fsp3) is 0.154. The van der Waals surface area contributed by atoms with Gasteiger partial charge in [0.15, 0.2) is 0 Å². The number of nitrogens with zero attached hydrogens (tertiary/aromatic N) is 3. The lowest BCUT2D eigenvalue weighted by Crippen LogP contribution is -1.95. The second-order valence-corrected chi connectivity index (χ2v) is 3.53. The molecule has 2 rings (SSSR count). The first kappa shape index (κ1) is 11.1. The highest BCUT2D eigenvalue weighted by atomic mass is 16.5. The lowest BCUT2D eigenvalue weighted by Gasteiger charge is -2.03. The molecule has 0 unspecified atom stereocenters. The van der Waals surface area contributed by atoms with Crippen molar-refractivity contribution < 1.29 is 4.74 Å². The monoisotopic (exact) mass is 225 g/mol. The first-order chi connectivity index (χ1) is 8.31. The van der Waals surface area contributed by atoms with Crippen LogP contribution in [0.25, 0.3) is 0 Å². The van der Waals surface area contributed by atoms with Crippen molar-refractivity contribution in [3.8, 4) is 11.8 Å². The Morgan fingerprint density at radius 2 is 2.00 bits per heavy atom. The van der Waals surface area contributed by atoms with Gasteiger partial charge in [-0.15, -0.1) is 0 Å². The van der Waals surface area contributed by atoms with E-state index in [1.54, 1.807) is 13.2 Å². The SMILES string of the molecule is COc1ccc(Cc2cc(C#N)ncn2)cc1. The summed E-state index contributed by atoms with van der Waals surface area (Å²) in [7, 11) is 1.64. The standard InChI is InChI=1S/C13H11N3O/c1-17-13-4-2-10(3-5-13)6-11-7-12(8-14)16-9-15-11/h2-5,7,9H,6H2,1H3. The van der Waals surface area contributed by atoms with Crippen LogP contribution in [0.3, 0.4) is 0 Å². The van der Waals surface area contributed by atoms with E-state index in [0.717, 1.165) is 17.0 Å². The highest BCUT2D eigenvalue weighted by Gasteiger charge is 2.00. The smallest absolute Gasteiger partial charge is 0.144 e. The van der Waals surface area contributed by atoms with Gasteiger partial charge >= 0.3 is 0 Å². The zero-order valence-electron chi connectivity index (χ0n) is 9.42. The number of methoxy groups -OCH3 is 1. The maximum atomic E-state index is 8.74. The summed E-state index contributed by atoms with van der Waals surface area (Å²) in [6.45, 7) is 0. The molecule has 1 aromatic heterocycles. The normalized spacial score (nSPS) is 9.65. The van der Waals surface area contributed by atoms with Gasteiger partial charge in [0.05, 0.1) is 7.11 Å². The summed E-state index contributed by atoms with van der Waals surface area (Å²) in [6, 6.07) is 11.5. The van der Waals surface area contributed by atoms with Gasteiger partial charge in [0.2, 0.25) is 0 Å². The van der Waals surface area contributed by atoms with Gasteiger partial charge in [-0.3, -0.25) is 0 Å². The maximum Gasteiger partial charge on any atom is 0.144 e. The van der Waals surface area contributed by atoms with Gasteiger partial charge in [0.1, 0.15) is 23.8 Å². The van der Waals surface area contributed by atoms with Crippen LogP contribution in [0, 0.1) is 11.3 Å². The van der Waals surface area contributed by atoms with Gasteiger partial charge in [0, 0.05) is 12.1 Å². The molecule has 1 heterocycles.